The van der Waals surface area contributed by atoms with Gasteiger partial charge in [0.15, 0.2) is 0 Å². The molecule has 0 radical (unpaired) electrons. The summed E-state index contributed by atoms with van der Waals surface area (Å²) < 4.78 is 45.6. The Balaban J connectivity index is 2.13. The molecule has 0 heterocycles. The van der Waals surface area contributed by atoms with E-state index in [4.69, 9.17) is 4.74 Å². The van der Waals surface area contributed by atoms with E-state index in [1.54, 1.807) is 33.8 Å². The number of alkyl halides is 3. The number of benzene rings is 1. The Kier molecular flexibility index (Phi) is 6.65. The van der Waals surface area contributed by atoms with E-state index in [0.717, 1.165) is 12.8 Å². The monoisotopic (exact) mass is 412 g/mol. The third-order valence-corrected chi connectivity index (χ3v) is 4.55. The van der Waals surface area contributed by atoms with E-state index < -0.39 is 34.9 Å². The van der Waals surface area contributed by atoms with Gasteiger partial charge in [0.25, 0.3) is 0 Å². The Labute approximate surface area is 168 Å². The molecule has 160 valence electrons. The quantitative estimate of drug-likeness (QED) is 0.679. The lowest BCUT2D eigenvalue weighted by molar-refractivity contribution is -0.118. The van der Waals surface area contributed by atoms with Gasteiger partial charge in [-0.25, -0.2) is 4.79 Å². The lowest BCUT2D eigenvalue weighted by Gasteiger charge is -2.31. The number of amides is 2. The molecule has 1 aromatic rings. The molecular formula is C21H27F3N2O3. The van der Waals surface area contributed by atoms with Crippen LogP contribution < -0.4 is 10.6 Å². The normalized spacial score (nSPS) is 17.3. The molecule has 1 aromatic carbocycles. The first-order chi connectivity index (χ1) is 13.3. The predicted octanol–water partition coefficient (Wildman–Crippen LogP) is 4.44. The topological polar surface area (TPSA) is 67.4 Å². The van der Waals surface area contributed by atoms with Gasteiger partial charge in [0.2, 0.25) is 5.91 Å². The average molecular weight is 412 g/mol. The summed E-state index contributed by atoms with van der Waals surface area (Å²) in [5, 5.41) is 5.26. The van der Waals surface area contributed by atoms with Crippen LogP contribution in [0.25, 0.3) is 5.57 Å². The van der Waals surface area contributed by atoms with E-state index in [-0.39, 0.29) is 18.0 Å². The van der Waals surface area contributed by atoms with E-state index in [0.29, 0.717) is 6.08 Å². The fraction of sp³-hybridized carbons (Fsp3) is 0.524. The fourth-order valence-corrected chi connectivity index (χ4v) is 2.98. The van der Waals surface area contributed by atoms with Gasteiger partial charge in [-0.15, -0.1) is 0 Å². The van der Waals surface area contributed by atoms with Crippen molar-refractivity contribution >= 4 is 17.6 Å². The second-order valence-corrected chi connectivity index (χ2v) is 8.46. The maximum absolute atomic E-state index is 13.5. The van der Waals surface area contributed by atoms with Crippen LogP contribution in [0.4, 0.5) is 18.0 Å². The van der Waals surface area contributed by atoms with Crippen molar-refractivity contribution in [1.82, 2.24) is 10.6 Å². The summed E-state index contributed by atoms with van der Waals surface area (Å²) in [7, 11) is 0. The first-order valence-corrected chi connectivity index (χ1v) is 9.43. The van der Waals surface area contributed by atoms with E-state index in [9.17, 15) is 22.8 Å². The molecule has 0 spiro atoms. The predicted molar refractivity (Wildman–Crippen MR) is 104 cm³/mol. The maximum atomic E-state index is 13.5. The van der Waals surface area contributed by atoms with Crippen LogP contribution in [0.2, 0.25) is 0 Å². The molecule has 1 fully saturated rings. The zero-order chi connectivity index (χ0) is 21.9. The number of hydrogen-bond donors (Lipinski definition) is 2. The molecule has 2 rings (SSSR count). The Morgan fingerprint density at radius 2 is 1.69 bits per heavy atom. The van der Waals surface area contributed by atoms with Crippen molar-refractivity contribution in [1.29, 1.82) is 0 Å². The highest BCUT2D eigenvalue weighted by molar-refractivity contribution is 5.96. The number of nitrogens with one attached hydrogen (secondary N) is 2. The highest BCUT2D eigenvalue weighted by Crippen LogP contribution is 2.39. The summed E-state index contributed by atoms with van der Waals surface area (Å²) in [6.07, 6.45) is -3.11. The van der Waals surface area contributed by atoms with Crippen LogP contribution in [0.5, 0.6) is 0 Å². The molecule has 1 aliphatic carbocycles. The average Bonchev–Trinajstić information content (AvgIpc) is 3.42. The van der Waals surface area contributed by atoms with Crippen molar-refractivity contribution in [2.24, 2.45) is 5.92 Å². The number of carbonyl (C=O) groups excluding carboxylic acids is 2. The smallest absolute Gasteiger partial charge is 0.417 e. The zero-order valence-corrected chi connectivity index (χ0v) is 17.0. The number of rotatable bonds is 6. The van der Waals surface area contributed by atoms with Crippen LogP contribution in [0.15, 0.2) is 36.4 Å². The molecule has 2 N–H and O–H groups in total. The second-order valence-electron chi connectivity index (χ2n) is 8.46. The van der Waals surface area contributed by atoms with Gasteiger partial charge in [0.1, 0.15) is 5.60 Å². The van der Waals surface area contributed by atoms with Gasteiger partial charge in [0, 0.05) is 12.6 Å². The number of hydrogen-bond acceptors (Lipinski definition) is 3. The van der Waals surface area contributed by atoms with Crippen molar-refractivity contribution in [3.63, 3.8) is 0 Å². The van der Waals surface area contributed by atoms with Crippen molar-refractivity contribution in [3.8, 4) is 0 Å². The summed E-state index contributed by atoms with van der Waals surface area (Å²) in [5.41, 5.74) is -2.66. The number of allylic oxidation sites excluding steroid dienone is 1. The van der Waals surface area contributed by atoms with E-state index in [1.165, 1.54) is 24.3 Å². The van der Waals surface area contributed by atoms with Crippen LogP contribution in [-0.4, -0.2) is 35.9 Å². The molecule has 0 bridgehead atoms. The molecule has 5 nitrogen and oxygen atoms in total. The minimum Gasteiger partial charge on any atom is -0.444 e. The Bertz CT molecular complexity index is 766. The van der Waals surface area contributed by atoms with Gasteiger partial charge in [-0.3, -0.25) is 4.79 Å². The lowest BCUT2D eigenvalue weighted by Crippen LogP contribution is -2.55. The van der Waals surface area contributed by atoms with E-state index >= 15 is 0 Å². The number of carbonyl (C=O) groups is 2. The first-order valence-electron chi connectivity index (χ1n) is 9.43. The molecule has 2 amide bonds. The maximum Gasteiger partial charge on any atom is 0.417 e. The highest BCUT2D eigenvalue weighted by atomic mass is 19.4. The summed E-state index contributed by atoms with van der Waals surface area (Å²) in [6.45, 7) is 6.94. The van der Waals surface area contributed by atoms with Gasteiger partial charge in [-0.1, -0.05) is 30.3 Å². The summed E-state index contributed by atoms with van der Waals surface area (Å²) in [6, 6.07) is 7.16. The molecule has 1 unspecified atom stereocenters. The van der Waals surface area contributed by atoms with Crippen LogP contribution in [-0.2, 0) is 9.53 Å². The highest BCUT2D eigenvalue weighted by Gasteiger charge is 2.43. The molecular weight excluding hydrogens is 385 g/mol. The Morgan fingerprint density at radius 1 is 1.10 bits per heavy atom. The first kappa shape index (κ1) is 22.8. The second kappa shape index (κ2) is 8.47. The third kappa shape index (κ3) is 7.11. The van der Waals surface area contributed by atoms with Crippen LogP contribution >= 0.6 is 0 Å². The molecule has 8 heteroatoms. The molecule has 0 aliphatic heterocycles. The standard InChI is InChI=1S/C21H27F3N2O3/c1-19(2,3)29-18(28)25-13-20(4,15-10-11-15)26-17(27)12-16(21(22,23)24)14-8-6-5-7-9-14/h5-9,12,15H,10-11,13H2,1-4H3,(H,25,28)(H,26,27)/b16-12-. The Hall–Kier alpha value is -2.51. The molecule has 1 saturated carbocycles. The van der Waals surface area contributed by atoms with Gasteiger partial charge in [0.05, 0.1) is 11.1 Å². The van der Waals surface area contributed by atoms with Crippen molar-refractivity contribution < 1.29 is 27.5 Å². The summed E-state index contributed by atoms with van der Waals surface area (Å²) in [4.78, 5) is 24.4. The number of halogens is 3. The summed E-state index contributed by atoms with van der Waals surface area (Å²) >= 11 is 0. The molecule has 1 aliphatic rings. The fourth-order valence-electron chi connectivity index (χ4n) is 2.98. The minimum absolute atomic E-state index is 0.0544. The van der Waals surface area contributed by atoms with Crippen LogP contribution in [0, 0.1) is 5.92 Å². The zero-order valence-electron chi connectivity index (χ0n) is 17.0. The third-order valence-electron chi connectivity index (χ3n) is 4.55. The summed E-state index contributed by atoms with van der Waals surface area (Å²) in [5.74, 6) is -0.789. The lowest BCUT2D eigenvalue weighted by atomic mass is 9.95. The van der Waals surface area contributed by atoms with Crippen molar-refractivity contribution in [2.45, 2.75) is 57.9 Å². The van der Waals surface area contributed by atoms with Crippen molar-refractivity contribution in [2.75, 3.05) is 6.54 Å². The van der Waals surface area contributed by atoms with Gasteiger partial charge >= 0.3 is 12.3 Å². The van der Waals surface area contributed by atoms with Gasteiger partial charge in [-0.2, -0.15) is 13.2 Å². The largest absolute Gasteiger partial charge is 0.444 e. The minimum atomic E-state index is -4.68. The molecule has 1 atom stereocenters. The SMILES string of the molecule is CC(C)(C)OC(=O)NCC(C)(NC(=O)/C=C(/c1ccccc1)C(F)(F)F)C1CC1. The molecule has 0 aromatic heterocycles. The van der Waals surface area contributed by atoms with Crippen molar-refractivity contribution in [3.05, 3.63) is 42.0 Å². The Morgan fingerprint density at radius 3 is 2.17 bits per heavy atom. The molecule has 29 heavy (non-hydrogen) atoms. The van der Waals surface area contributed by atoms with Gasteiger partial charge in [-0.05, 0) is 52.0 Å². The van der Waals surface area contributed by atoms with E-state index in [2.05, 4.69) is 10.6 Å². The van der Waals surface area contributed by atoms with Crippen LogP contribution in [0.1, 0.15) is 46.1 Å². The number of ether oxygens (including phenoxy) is 1. The van der Waals surface area contributed by atoms with E-state index in [1.807, 2.05) is 0 Å². The van der Waals surface area contributed by atoms with Gasteiger partial charge < -0.3 is 15.4 Å². The molecule has 0 saturated heterocycles. The van der Waals surface area contributed by atoms with Crippen LogP contribution in [0.3, 0.4) is 0 Å². The number of alkyl carbamates (subject to hydrolysis) is 1.